The van der Waals surface area contributed by atoms with E-state index in [9.17, 15) is 0 Å². The molecule has 0 aliphatic carbocycles. The minimum Gasteiger partial charge on any atom is -0.364 e. The zero-order valence-electron chi connectivity index (χ0n) is 12.0. The fourth-order valence-electron chi connectivity index (χ4n) is 2.29. The maximum atomic E-state index is 5.75. The number of nitrogens with zero attached hydrogens (tertiary/aromatic N) is 1. The number of anilines is 1. The van der Waals surface area contributed by atoms with Gasteiger partial charge >= 0.3 is 0 Å². The van der Waals surface area contributed by atoms with E-state index in [1.807, 2.05) is 11.3 Å². The first kappa shape index (κ1) is 15.5. The van der Waals surface area contributed by atoms with Gasteiger partial charge in [0.05, 0.1) is 6.54 Å². The van der Waals surface area contributed by atoms with Gasteiger partial charge in [-0.15, -0.1) is 11.3 Å². The van der Waals surface area contributed by atoms with Crippen LogP contribution in [0.2, 0.25) is 0 Å². The smallest absolute Gasteiger partial charge is 0.0525 e. The molecule has 0 aliphatic heterocycles. The molecular formula is C16H21BrN2S. The maximum Gasteiger partial charge on any atom is 0.0525 e. The Morgan fingerprint density at radius 2 is 2.10 bits per heavy atom. The number of halogens is 1. The molecular weight excluding hydrogens is 332 g/mol. The molecule has 1 heterocycles. The third kappa shape index (κ3) is 3.84. The second-order valence-corrected chi connectivity index (χ2v) is 7.06. The van der Waals surface area contributed by atoms with Crippen molar-refractivity contribution < 1.29 is 0 Å². The molecule has 108 valence electrons. The van der Waals surface area contributed by atoms with Crippen molar-refractivity contribution in [3.63, 3.8) is 0 Å². The predicted molar refractivity (Wildman–Crippen MR) is 92.5 cm³/mol. The van der Waals surface area contributed by atoms with Crippen molar-refractivity contribution in [3.05, 3.63) is 50.6 Å². The lowest BCUT2D eigenvalue weighted by Crippen LogP contribution is -2.31. The summed E-state index contributed by atoms with van der Waals surface area (Å²) in [5.41, 5.74) is 8.36. The molecule has 0 atom stereocenters. The highest BCUT2D eigenvalue weighted by atomic mass is 79.9. The van der Waals surface area contributed by atoms with Crippen LogP contribution >= 0.6 is 27.3 Å². The fourth-order valence-corrected chi connectivity index (χ4v) is 3.34. The van der Waals surface area contributed by atoms with Crippen molar-refractivity contribution >= 4 is 33.0 Å². The SMILES string of the molecule is CC(C)N(Cc1cccs1)c1cc(Br)ccc1CCN. The summed E-state index contributed by atoms with van der Waals surface area (Å²) in [4.78, 5) is 3.83. The monoisotopic (exact) mass is 352 g/mol. The van der Waals surface area contributed by atoms with Crippen LogP contribution in [0, 0.1) is 0 Å². The molecule has 0 amide bonds. The third-order valence-electron chi connectivity index (χ3n) is 3.30. The molecule has 20 heavy (non-hydrogen) atoms. The Balaban J connectivity index is 2.35. The van der Waals surface area contributed by atoms with Gasteiger partial charge in [-0.3, -0.25) is 0 Å². The van der Waals surface area contributed by atoms with Gasteiger partial charge in [-0.25, -0.2) is 0 Å². The van der Waals surface area contributed by atoms with E-state index in [1.54, 1.807) is 0 Å². The zero-order chi connectivity index (χ0) is 14.5. The first-order valence-corrected chi connectivity index (χ1v) is 8.56. The molecule has 2 aromatic rings. The largest absolute Gasteiger partial charge is 0.364 e. The van der Waals surface area contributed by atoms with Gasteiger partial charge in [0.1, 0.15) is 0 Å². The summed E-state index contributed by atoms with van der Waals surface area (Å²) in [6.07, 6.45) is 0.913. The van der Waals surface area contributed by atoms with Crippen LogP contribution in [0.1, 0.15) is 24.3 Å². The Bertz CT molecular complexity index is 537. The number of thiophene rings is 1. The van der Waals surface area contributed by atoms with E-state index in [1.165, 1.54) is 16.1 Å². The fraction of sp³-hybridized carbons (Fsp3) is 0.375. The number of nitrogens with two attached hydrogens (primary N) is 1. The number of hydrogen-bond acceptors (Lipinski definition) is 3. The van der Waals surface area contributed by atoms with E-state index in [4.69, 9.17) is 5.73 Å². The quantitative estimate of drug-likeness (QED) is 0.833. The van der Waals surface area contributed by atoms with Crippen molar-refractivity contribution in [2.24, 2.45) is 5.73 Å². The van der Waals surface area contributed by atoms with Crippen LogP contribution < -0.4 is 10.6 Å². The first-order chi connectivity index (χ1) is 9.61. The van der Waals surface area contributed by atoms with Crippen molar-refractivity contribution in [3.8, 4) is 0 Å². The van der Waals surface area contributed by atoms with Crippen LogP contribution in [-0.4, -0.2) is 12.6 Å². The molecule has 0 spiro atoms. The average Bonchev–Trinajstić information content (AvgIpc) is 2.91. The Labute approximate surface area is 133 Å². The van der Waals surface area contributed by atoms with Crippen LogP contribution in [0.3, 0.4) is 0 Å². The molecule has 0 saturated carbocycles. The van der Waals surface area contributed by atoms with Gasteiger partial charge in [-0.05, 0) is 56.0 Å². The number of hydrogen-bond donors (Lipinski definition) is 1. The Morgan fingerprint density at radius 1 is 1.30 bits per heavy atom. The highest BCUT2D eigenvalue weighted by Crippen LogP contribution is 2.29. The lowest BCUT2D eigenvalue weighted by molar-refractivity contribution is 0.682. The first-order valence-electron chi connectivity index (χ1n) is 6.89. The topological polar surface area (TPSA) is 29.3 Å². The van der Waals surface area contributed by atoms with Gasteiger partial charge in [0.15, 0.2) is 0 Å². The van der Waals surface area contributed by atoms with Gasteiger partial charge in [0.2, 0.25) is 0 Å². The van der Waals surface area contributed by atoms with Crippen LogP contribution in [0.15, 0.2) is 40.2 Å². The molecule has 0 bridgehead atoms. The second-order valence-electron chi connectivity index (χ2n) is 5.11. The van der Waals surface area contributed by atoms with E-state index in [0.717, 1.165) is 17.4 Å². The van der Waals surface area contributed by atoms with Crippen molar-refractivity contribution in [2.45, 2.75) is 32.9 Å². The summed E-state index contributed by atoms with van der Waals surface area (Å²) in [6, 6.07) is 11.2. The van der Waals surface area contributed by atoms with Crippen LogP contribution in [0.4, 0.5) is 5.69 Å². The van der Waals surface area contributed by atoms with E-state index in [-0.39, 0.29) is 0 Å². The third-order valence-corrected chi connectivity index (χ3v) is 4.65. The molecule has 1 aromatic heterocycles. The summed E-state index contributed by atoms with van der Waals surface area (Å²) in [5, 5.41) is 2.13. The number of rotatable bonds is 6. The molecule has 0 radical (unpaired) electrons. The molecule has 4 heteroatoms. The lowest BCUT2D eigenvalue weighted by Gasteiger charge is -2.31. The minimum absolute atomic E-state index is 0.447. The lowest BCUT2D eigenvalue weighted by atomic mass is 10.1. The summed E-state index contributed by atoms with van der Waals surface area (Å²) in [7, 11) is 0. The van der Waals surface area contributed by atoms with Crippen LogP contribution in [0.5, 0.6) is 0 Å². The van der Waals surface area contributed by atoms with Gasteiger partial charge in [0.25, 0.3) is 0 Å². The van der Waals surface area contributed by atoms with Gasteiger partial charge < -0.3 is 10.6 Å². The molecule has 0 aliphatic rings. The van der Waals surface area contributed by atoms with E-state index in [0.29, 0.717) is 12.6 Å². The second kappa shape index (κ2) is 7.25. The van der Waals surface area contributed by atoms with E-state index in [2.05, 4.69) is 70.4 Å². The Hall–Kier alpha value is -0.840. The van der Waals surface area contributed by atoms with Crippen molar-refractivity contribution in [2.75, 3.05) is 11.4 Å². The molecule has 1 aromatic carbocycles. The molecule has 0 unspecified atom stereocenters. The maximum absolute atomic E-state index is 5.75. The van der Waals surface area contributed by atoms with E-state index < -0.39 is 0 Å². The molecule has 2 N–H and O–H groups in total. The van der Waals surface area contributed by atoms with Gasteiger partial charge in [-0.2, -0.15) is 0 Å². The predicted octanol–water partition coefficient (Wildman–Crippen LogP) is 4.43. The van der Waals surface area contributed by atoms with Gasteiger partial charge in [-0.1, -0.05) is 28.1 Å². The summed E-state index contributed by atoms with van der Waals surface area (Å²) >= 11 is 5.40. The molecule has 2 rings (SSSR count). The minimum atomic E-state index is 0.447. The Morgan fingerprint density at radius 3 is 2.70 bits per heavy atom. The van der Waals surface area contributed by atoms with Gasteiger partial charge in [0, 0.05) is 21.1 Å². The normalized spacial score (nSPS) is 11.1. The molecule has 0 fully saturated rings. The summed E-state index contributed by atoms with van der Waals surface area (Å²) in [6.45, 7) is 6.10. The Kier molecular flexibility index (Phi) is 5.64. The highest BCUT2D eigenvalue weighted by molar-refractivity contribution is 9.10. The molecule has 0 saturated heterocycles. The molecule has 2 nitrogen and oxygen atoms in total. The highest BCUT2D eigenvalue weighted by Gasteiger charge is 2.15. The number of benzene rings is 1. The summed E-state index contributed by atoms with van der Waals surface area (Å²) < 4.78 is 1.12. The zero-order valence-corrected chi connectivity index (χ0v) is 14.4. The average molecular weight is 353 g/mol. The van der Waals surface area contributed by atoms with Crippen molar-refractivity contribution in [1.29, 1.82) is 0 Å². The van der Waals surface area contributed by atoms with E-state index >= 15 is 0 Å². The van der Waals surface area contributed by atoms with Crippen LogP contribution in [0.25, 0.3) is 0 Å². The summed E-state index contributed by atoms with van der Waals surface area (Å²) in [5.74, 6) is 0. The van der Waals surface area contributed by atoms with Crippen LogP contribution in [-0.2, 0) is 13.0 Å². The standard InChI is InChI=1S/C16H21BrN2S/c1-12(2)19(11-15-4-3-9-20-15)16-10-14(17)6-5-13(16)7-8-18/h3-6,9-10,12H,7-8,11,18H2,1-2H3. The van der Waals surface area contributed by atoms with Crippen molar-refractivity contribution in [1.82, 2.24) is 0 Å².